The SMILES string of the molecule is C/C=C/C(=O)NNC(=O)C1=C(C)NC(=S)NC1c1cccc([N+](=O)[O-])c1. The normalized spacial score (nSPS) is 16.7. The molecular formula is C16H17N5O4S. The number of carbonyl (C=O) groups is 2. The number of hydrazine groups is 1. The molecular weight excluding hydrogens is 358 g/mol. The molecule has 4 N–H and O–H groups in total. The average Bonchev–Trinajstić information content (AvgIpc) is 2.59. The Morgan fingerprint density at radius 1 is 1.35 bits per heavy atom. The van der Waals surface area contributed by atoms with Crippen molar-refractivity contribution in [1.82, 2.24) is 21.5 Å². The minimum absolute atomic E-state index is 0.104. The molecule has 0 saturated carbocycles. The molecule has 1 aliphatic rings. The molecule has 0 spiro atoms. The van der Waals surface area contributed by atoms with E-state index in [-0.39, 0.29) is 16.4 Å². The molecule has 1 aromatic carbocycles. The van der Waals surface area contributed by atoms with Gasteiger partial charge in [-0.05, 0) is 31.6 Å². The number of nitrogens with zero attached hydrogens (tertiary/aromatic N) is 1. The van der Waals surface area contributed by atoms with Gasteiger partial charge in [-0.1, -0.05) is 18.2 Å². The number of hydrogen-bond donors (Lipinski definition) is 4. The summed E-state index contributed by atoms with van der Waals surface area (Å²) < 4.78 is 0. The van der Waals surface area contributed by atoms with E-state index < -0.39 is 22.8 Å². The van der Waals surface area contributed by atoms with Gasteiger partial charge in [0.1, 0.15) is 0 Å². The summed E-state index contributed by atoms with van der Waals surface area (Å²) in [5, 5.41) is 17.1. The monoisotopic (exact) mass is 375 g/mol. The molecule has 0 radical (unpaired) electrons. The van der Waals surface area contributed by atoms with Crippen LogP contribution in [0, 0.1) is 10.1 Å². The molecule has 9 nitrogen and oxygen atoms in total. The Morgan fingerprint density at radius 2 is 2.08 bits per heavy atom. The standard InChI is InChI=1S/C16H17N5O4S/c1-3-5-12(22)19-20-15(23)13-9(2)17-16(26)18-14(13)10-6-4-7-11(8-10)21(24)25/h3-8,14H,1-2H3,(H,19,22)(H,20,23)(H2,17,18,26)/b5-3+. The van der Waals surface area contributed by atoms with Crippen molar-refractivity contribution in [1.29, 1.82) is 0 Å². The van der Waals surface area contributed by atoms with E-state index in [4.69, 9.17) is 12.2 Å². The van der Waals surface area contributed by atoms with E-state index in [0.717, 1.165) is 0 Å². The van der Waals surface area contributed by atoms with Gasteiger partial charge in [0, 0.05) is 23.9 Å². The van der Waals surface area contributed by atoms with E-state index in [1.54, 1.807) is 19.9 Å². The first kappa shape index (κ1) is 19.1. The molecule has 0 fully saturated rings. The second-order valence-corrected chi connectivity index (χ2v) is 5.77. The van der Waals surface area contributed by atoms with E-state index in [0.29, 0.717) is 11.3 Å². The van der Waals surface area contributed by atoms with Crippen molar-refractivity contribution in [3.63, 3.8) is 0 Å². The number of nitro benzene ring substituents is 1. The smallest absolute Gasteiger partial charge is 0.269 e. The Morgan fingerprint density at radius 3 is 2.73 bits per heavy atom. The molecule has 10 heteroatoms. The van der Waals surface area contributed by atoms with Gasteiger partial charge in [-0.2, -0.15) is 0 Å². The summed E-state index contributed by atoms with van der Waals surface area (Å²) in [4.78, 5) is 34.5. The Hall–Kier alpha value is -3.27. The lowest BCUT2D eigenvalue weighted by atomic mass is 9.95. The predicted molar refractivity (Wildman–Crippen MR) is 98.5 cm³/mol. The highest BCUT2D eigenvalue weighted by molar-refractivity contribution is 7.80. The highest BCUT2D eigenvalue weighted by Crippen LogP contribution is 2.28. The fourth-order valence-corrected chi connectivity index (χ4v) is 2.71. The quantitative estimate of drug-likeness (QED) is 0.269. The number of nitrogens with one attached hydrogen (secondary N) is 4. The second kappa shape index (κ2) is 8.21. The summed E-state index contributed by atoms with van der Waals surface area (Å²) in [6, 6.07) is 5.19. The van der Waals surface area contributed by atoms with Crippen LogP contribution in [-0.4, -0.2) is 21.9 Å². The van der Waals surface area contributed by atoms with Crippen molar-refractivity contribution in [2.45, 2.75) is 19.9 Å². The molecule has 2 amide bonds. The van der Waals surface area contributed by atoms with E-state index >= 15 is 0 Å². The number of thiocarbonyl (C=S) groups is 1. The van der Waals surface area contributed by atoms with Crippen molar-refractivity contribution in [2.24, 2.45) is 0 Å². The third kappa shape index (κ3) is 4.42. The summed E-state index contributed by atoms with van der Waals surface area (Å²) in [5.41, 5.74) is 5.69. The van der Waals surface area contributed by atoms with E-state index in [2.05, 4.69) is 21.5 Å². The molecule has 1 unspecified atom stereocenters. The molecule has 0 aliphatic carbocycles. The lowest BCUT2D eigenvalue weighted by Crippen LogP contribution is -2.49. The maximum absolute atomic E-state index is 12.6. The molecule has 1 aromatic rings. The number of nitro groups is 1. The van der Waals surface area contributed by atoms with Crippen molar-refractivity contribution in [3.05, 3.63) is 63.4 Å². The number of amides is 2. The first-order valence-corrected chi connectivity index (χ1v) is 8.00. The molecule has 0 saturated heterocycles. The van der Waals surface area contributed by atoms with Crippen LogP contribution in [-0.2, 0) is 9.59 Å². The number of benzene rings is 1. The predicted octanol–water partition coefficient (Wildman–Crippen LogP) is 1.11. The first-order valence-electron chi connectivity index (χ1n) is 7.59. The van der Waals surface area contributed by atoms with Crippen LogP contribution in [0.3, 0.4) is 0 Å². The fourth-order valence-electron chi connectivity index (χ4n) is 2.44. The summed E-state index contributed by atoms with van der Waals surface area (Å²) in [5.74, 6) is -1.06. The molecule has 1 aliphatic heterocycles. The molecule has 1 atom stereocenters. The maximum Gasteiger partial charge on any atom is 0.269 e. The Balaban J connectivity index is 2.34. The zero-order valence-corrected chi connectivity index (χ0v) is 14.8. The number of carbonyl (C=O) groups excluding carboxylic acids is 2. The number of allylic oxidation sites excluding steroid dienone is 2. The Bertz CT molecular complexity index is 834. The van der Waals surface area contributed by atoms with Gasteiger partial charge in [-0.3, -0.25) is 30.6 Å². The van der Waals surface area contributed by atoms with Gasteiger partial charge in [0.2, 0.25) is 0 Å². The van der Waals surface area contributed by atoms with Gasteiger partial charge >= 0.3 is 0 Å². The minimum atomic E-state index is -0.706. The van der Waals surface area contributed by atoms with Gasteiger partial charge in [0.05, 0.1) is 16.5 Å². The van der Waals surface area contributed by atoms with Gasteiger partial charge < -0.3 is 10.6 Å². The third-order valence-electron chi connectivity index (χ3n) is 3.55. The highest BCUT2D eigenvalue weighted by atomic mass is 32.1. The molecule has 1 heterocycles. The molecule has 26 heavy (non-hydrogen) atoms. The van der Waals surface area contributed by atoms with Gasteiger partial charge in [0.25, 0.3) is 17.5 Å². The maximum atomic E-state index is 12.6. The topological polar surface area (TPSA) is 125 Å². The zero-order valence-electron chi connectivity index (χ0n) is 14.0. The number of non-ortho nitro benzene ring substituents is 1. The summed E-state index contributed by atoms with van der Waals surface area (Å²) in [6.45, 7) is 3.32. The van der Waals surface area contributed by atoms with E-state index in [1.807, 2.05) is 0 Å². The van der Waals surface area contributed by atoms with E-state index in [9.17, 15) is 19.7 Å². The largest absolute Gasteiger partial charge is 0.351 e. The van der Waals surface area contributed by atoms with Crippen LogP contribution in [0.1, 0.15) is 25.5 Å². The number of hydrogen-bond acceptors (Lipinski definition) is 5. The minimum Gasteiger partial charge on any atom is -0.351 e. The van der Waals surface area contributed by atoms with E-state index in [1.165, 1.54) is 30.4 Å². The van der Waals surface area contributed by atoms with Gasteiger partial charge in [-0.15, -0.1) is 0 Å². The van der Waals surface area contributed by atoms with Crippen LogP contribution in [0.4, 0.5) is 5.69 Å². The Kier molecular flexibility index (Phi) is 6.02. The van der Waals surface area contributed by atoms with Crippen LogP contribution >= 0.6 is 12.2 Å². The summed E-state index contributed by atoms with van der Waals surface area (Å²) in [6.07, 6.45) is 2.78. The third-order valence-corrected chi connectivity index (χ3v) is 3.77. The second-order valence-electron chi connectivity index (χ2n) is 5.37. The molecule has 2 rings (SSSR count). The highest BCUT2D eigenvalue weighted by Gasteiger charge is 2.30. The number of rotatable bonds is 4. The van der Waals surface area contributed by atoms with Crippen LogP contribution in [0.5, 0.6) is 0 Å². The fraction of sp³-hybridized carbons (Fsp3) is 0.188. The lowest BCUT2D eigenvalue weighted by Gasteiger charge is -2.30. The Labute approximate surface area is 154 Å². The van der Waals surface area contributed by atoms with Crippen molar-refractivity contribution in [3.8, 4) is 0 Å². The van der Waals surface area contributed by atoms with Crippen LogP contribution in [0.15, 0.2) is 47.7 Å². The molecule has 136 valence electrons. The molecule has 0 bridgehead atoms. The lowest BCUT2D eigenvalue weighted by molar-refractivity contribution is -0.384. The summed E-state index contributed by atoms with van der Waals surface area (Å²) >= 11 is 5.12. The van der Waals surface area contributed by atoms with Crippen molar-refractivity contribution in [2.75, 3.05) is 0 Å². The summed E-state index contributed by atoms with van der Waals surface area (Å²) in [7, 11) is 0. The van der Waals surface area contributed by atoms with Crippen LogP contribution in [0.25, 0.3) is 0 Å². The van der Waals surface area contributed by atoms with Crippen LogP contribution < -0.4 is 21.5 Å². The average molecular weight is 375 g/mol. The first-order chi connectivity index (χ1) is 12.3. The van der Waals surface area contributed by atoms with Crippen molar-refractivity contribution < 1.29 is 14.5 Å². The van der Waals surface area contributed by atoms with Gasteiger partial charge in [0.15, 0.2) is 5.11 Å². The van der Waals surface area contributed by atoms with Crippen LogP contribution in [0.2, 0.25) is 0 Å². The van der Waals surface area contributed by atoms with Gasteiger partial charge in [-0.25, -0.2) is 0 Å². The zero-order chi connectivity index (χ0) is 19.3. The van der Waals surface area contributed by atoms with Crippen molar-refractivity contribution >= 4 is 34.8 Å². The molecule has 0 aromatic heterocycles.